The van der Waals surface area contributed by atoms with Crippen molar-refractivity contribution in [3.05, 3.63) is 48.3 Å². The summed E-state index contributed by atoms with van der Waals surface area (Å²) in [6, 6.07) is 4.75. The summed E-state index contributed by atoms with van der Waals surface area (Å²) < 4.78 is 13.4. The lowest BCUT2D eigenvalue weighted by Crippen LogP contribution is -2.14. The molecule has 0 aromatic carbocycles. The number of pyridine rings is 2. The van der Waals surface area contributed by atoms with E-state index in [4.69, 9.17) is 0 Å². The molecule has 2 N–H and O–H groups in total. The van der Waals surface area contributed by atoms with Crippen LogP contribution in [0.5, 0.6) is 0 Å². The minimum Gasteiger partial charge on any atom is -0.384 e. The first-order valence-corrected chi connectivity index (χ1v) is 6.31. The zero-order valence-electron chi connectivity index (χ0n) is 11.1. The zero-order chi connectivity index (χ0) is 14.4. The average Bonchev–Trinajstić information content (AvgIpc) is 2.48. The van der Waals surface area contributed by atoms with Crippen LogP contribution in [0.3, 0.4) is 0 Å². The van der Waals surface area contributed by atoms with Crippen LogP contribution in [0.15, 0.2) is 36.8 Å². The highest BCUT2D eigenvalue weighted by Crippen LogP contribution is 2.13. The van der Waals surface area contributed by atoms with Gasteiger partial charge in [0.05, 0.1) is 23.8 Å². The first kappa shape index (κ1) is 13.9. The fourth-order valence-electron chi connectivity index (χ4n) is 1.57. The van der Waals surface area contributed by atoms with Gasteiger partial charge in [-0.2, -0.15) is 0 Å². The Balaban J connectivity index is 2.04. The Labute approximate surface area is 116 Å². The van der Waals surface area contributed by atoms with Crippen molar-refractivity contribution in [1.82, 2.24) is 9.97 Å². The van der Waals surface area contributed by atoms with Crippen molar-refractivity contribution in [2.24, 2.45) is 0 Å². The van der Waals surface area contributed by atoms with Crippen LogP contribution in [0.25, 0.3) is 0 Å². The van der Waals surface area contributed by atoms with Gasteiger partial charge in [0, 0.05) is 12.7 Å². The second kappa shape index (κ2) is 6.60. The first-order chi connectivity index (χ1) is 9.70. The smallest absolute Gasteiger partial charge is 0.274 e. The number of hydrogen-bond acceptors (Lipinski definition) is 4. The van der Waals surface area contributed by atoms with E-state index < -0.39 is 11.7 Å². The lowest BCUT2D eigenvalue weighted by Gasteiger charge is -2.07. The monoisotopic (exact) mass is 274 g/mol. The fraction of sp³-hybridized carbons (Fsp3) is 0.214. The van der Waals surface area contributed by atoms with Gasteiger partial charge >= 0.3 is 0 Å². The van der Waals surface area contributed by atoms with Gasteiger partial charge in [0.25, 0.3) is 5.91 Å². The van der Waals surface area contributed by atoms with E-state index in [1.54, 1.807) is 18.3 Å². The van der Waals surface area contributed by atoms with Crippen LogP contribution in [0.4, 0.5) is 15.8 Å². The van der Waals surface area contributed by atoms with E-state index in [9.17, 15) is 9.18 Å². The van der Waals surface area contributed by atoms with E-state index in [1.807, 2.05) is 0 Å². The molecule has 2 aromatic rings. The predicted molar refractivity (Wildman–Crippen MR) is 75.2 cm³/mol. The second-order valence-electron chi connectivity index (χ2n) is 4.17. The normalized spacial score (nSPS) is 10.1. The van der Waals surface area contributed by atoms with E-state index in [-0.39, 0.29) is 11.4 Å². The van der Waals surface area contributed by atoms with Crippen molar-refractivity contribution in [1.29, 1.82) is 0 Å². The fourth-order valence-corrected chi connectivity index (χ4v) is 1.57. The third kappa shape index (κ3) is 3.50. The number of amides is 1. The zero-order valence-corrected chi connectivity index (χ0v) is 11.1. The van der Waals surface area contributed by atoms with Gasteiger partial charge in [0.2, 0.25) is 0 Å². The molecule has 0 aliphatic carbocycles. The molecule has 0 radical (unpaired) electrons. The van der Waals surface area contributed by atoms with Gasteiger partial charge in [0.15, 0.2) is 5.82 Å². The quantitative estimate of drug-likeness (QED) is 0.879. The molecule has 0 aliphatic rings. The highest BCUT2D eigenvalue weighted by molar-refractivity contribution is 6.02. The summed E-state index contributed by atoms with van der Waals surface area (Å²) in [6.07, 6.45) is 5.03. The van der Waals surface area contributed by atoms with Crippen molar-refractivity contribution in [3.63, 3.8) is 0 Å². The van der Waals surface area contributed by atoms with Crippen LogP contribution < -0.4 is 10.6 Å². The SMILES string of the molecule is CCCNc1ccc(C(=O)Nc2ccncc2F)nc1. The van der Waals surface area contributed by atoms with Gasteiger partial charge in [-0.1, -0.05) is 6.92 Å². The molecular weight excluding hydrogens is 259 g/mol. The van der Waals surface area contributed by atoms with Gasteiger partial charge in [0.1, 0.15) is 5.69 Å². The second-order valence-corrected chi connectivity index (χ2v) is 4.17. The molecule has 2 heterocycles. The molecule has 0 aliphatic heterocycles. The summed E-state index contributed by atoms with van der Waals surface area (Å²) in [5.74, 6) is -1.04. The molecule has 5 nitrogen and oxygen atoms in total. The van der Waals surface area contributed by atoms with Gasteiger partial charge in [-0.3, -0.25) is 9.78 Å². The van der Waals surface area contributed by atoms with E-state index in [2.05, 4.69) is 27.5 Å². The molecule has 0 unspecified atom stereocenters. The maximum Gasteiger partial charge on any atom is 0.274 e. The molecule has 104 valence electrons. The number of hydrogen-bond donors (Lipinski definition) is 2. The minimum absolute atomic E-state index is 0.0833. The number of nitrogens with zero attached hydrogens (tertiary/aromatic N) is 2. The molecule has 0 fully saturated rings. The van der Waals surface area contributed by atoms with Crippen LogP contribution in [0.1, 0.15) is 23.8 Å². The molecule has 2 rings (SSSR count). The predicted octanol–water partition coefficient (Wildman–Crippen LogP) is 2.69. The lowest BCUT2D eigenvalue weighted by atomic mass is 10.3. The van der Waals surface area contributed by atoms with Crippen molar-refractivity contribution in [2.45, 2.75) is 13.3 Å². The van der Waals surface area contributed by atoms with Crippen LogP contribution in [0, 0.1) is 5.82 Å². The number of halogens is 1. The highest BCUT2D eigenvalue weighted by Gasteiger charge is 2.10. The number of carbonyl (C=O) groups excluding carboxylic acids is 1. The van der Waals surface area contributed by atoms with Crippen molar-refractivity contribution in [2.75, 3.05) is 17.2 Å². The standard InChI is InChI=1S/C14H15FN4O/c1-2-6-17-10-3-4-13(18-8-10)14(20)19-12-5-7-16-9-11(12)15/h3-5,7-9,17H,2,6H2,1H3,(H,16,19,20). The molecular formula is C14H15FN4O. The van der Waals surface area contributed by atoms with E-state index in [0.717, 1.165) is 24.8 Å². The number of carbonyl (C=O) groups is 1. The molecule has 20 heavy (non-hydrogen) atoms. The Hall–Kier alpha value is -2.50. The van der Waals surface area contributed by atoms with Gasteiger partial charge in [-0.25, -0.2) is 9.37 Å². The topological polar surface area (TPSA) is 66.9 Å². The Bertz CT molecular complexity index is 586. The Morgan fingerprint density at radius 1 is 1.30 bits per heavy atom. The number of aromatic nitrogens is 2. The van der Waals surface area contributed by atoms with Crippen LogP contribution in [-0.4, -0.2) is 22.4 Å². The average molecular weight is 274 g/mol. The molecule has 6 heteroatoms. The van der Waals surface area contributed by atoms with E-state index >= 15 is 0 Å². The van der Waals surface area contributed by atoms with Crippen molar-refractivity contribution in [3.8, 4) is 0 Å². The lowest BCUT2D eigenvalue weighted by molar-refractivity contribution is 0.102. The van der Waals surface area contributed by atoms with Crippen molar-refractivity contribution >= 4 is 17.3 Å². The largest absolute Gasteiger partial charge is 0.384 e. The summed E-state index contributed by atoms with van der Waals surface area (Å²) in [4.78, 5) is 19.6. The maximum absolute atomic E-state index is 13.4. The molecule has 1 amide bonds. The van der Waals surface area contributed by atoms with E-state index in [0.29, 0.717) is 0 Å². The maximum atomic E-state index is 13.4. The van der Waals surface area contributed by atoms with Gasteiger partial charge in [-0.05, 0) is 24.6 Å². The van der Waals surface area contributed by atoms with Crippen LogP contribution in [-0.2, 0) is 0 Å². The summed E-state index contributed by atoms with van der Waals surface area (Å²) >= 11 is 0. The number of rotatable bonds is 5. The molecule has 0 saturated carbocycles. The van der Waals surface area contributed by atoms with Crippen molar-refractivity contribution < 1.29 is 9.18 Å². The molecule has 2 aromatic heterocycles. The molecule has 0 atom stereocenters. The highest BCUT2D eigenvalue weighted by atomic mass is 19.1. The minimum atomic E-state index is -0.581. The van der Waals surface area contributed by atoms with E-state index in [1.165, 1.54) is 12.3 Å². The molecule has 0 bridgehead atoms. The summed E-state index contributed by atoms with van der Waals surface area (Å²) in [5, 5.41) is 5.61. The summed E-state index contributed by atoms with van der Waals surface area (Å²) in [7, 11) is 0. The third-order valence-corrected chi connectivity index (χ3v) is 2.60. The summed E-state index contributed by atoms with van der Waals surface area (Å²) in [5.41, 5.74) is 1.15. The summed E-state index contributed by atoms with van der Waals surface area (Å²) in [6.45, 7) is 2.90. The molecule has 0 spiro atoms. The Kier molecular flexibility index (Phi) is 4.60. The Morgan fingerprint density at radius 2 is 2.15 bits per heavy atom. The first-order valence-electron chi connectivity index (χ1n) is 6.31. The molecule has 0 saturated heterocycles. The van der Waals surface area contributed by atoms with Gasteiger partial charge < -0.3 is 10.6 Å². The third-order valence-electron chi connectivity index (χ3n) is 2.60. The number of nitrogens with one attached hydrogen (secondary N) is 2. The van der Waals surface area contributed by atoms with Crippen LogP contribution >= 0.6 is 0 Å². The number of anilines is 2. The Morgan fingerprint density at radius 3 is 2.80 bits per heavy atom. The van der Waals surface area contributed by atoms with Crippen LogP contribution in [0.2, 0.25) is 0 Å². The van der Waals surface area contributed by atoms with Gasteiger partial charge in [-0.15, -0.1) is 0 Å².